The number of carbonyl (C=O) groups excluding carboxylic acids is 1. The first-order chi connectivity index (χ1) is 16.8. The average Bonchev–Trinajstić information content (AvgIpc) is 3.13. The Kier molecular flexibility index (Phi) is 6.80. The van der Waals surface area contributed by atoms with Gasteiger partial charge in [-0.05, 0) is 60.4 Å². The Balaban J connectivity index is 1.79. The SMILES string of the molecule is Cc1ccc(-c2cc(C(F)(F)F)nc3sc(C(=O)Nc4ccc(OC(F)F)c(Cl)c4)c(N)c23)cc1C. The van der Waals surface area contributed by atoms with Gasteiger partial charge in [-0.2, -0.15) is 22.0 Å². The van der Waals surface area contributed by atoms with Crippen molar-refractivity contribution < 1.29 is 31.5 Å². The van der Waals surface area contributed by atoms with Crippen molar-refractivity contribution >= 4 is 50.4 Å². The molecule has 5 nitrogen and oxygen atoms in total. The maximum atomic E-state index is 13.6. The van der Waals surface area contributed by atoms with Crippen LogP contribution in [0.15, 0.2) is 42.5 Å². The number of anilines is 2. The quantitative estimate of drug-likeness (QED) is 0.254. The van der Waals surface area contributed by atoms with E-state index >= 15 is 0 Å². The number of benzene rings is 2. The van der Waals surface area contributed by atoms with Gasteiger partial charge in [0.05, 0.1) is 10.7 Å². The third-order valence-electron chi connectivity index (χ3n) is 5.42. The van der Waals surface area contributed by atoms with E-state index in [0.29, 0.717) is 16.9 Å². The highest BCUT2D eigenvalue weighted by Gasteiger charge is 2.35. The molecule has 0 saturated heterocycles. The van der Waals surface area contributed by atoms with Crippen LogP contribution in [0.1, 0.15) is 26.5 Å². The molecule has 0 aliphatic rings. The molecule has 36 heavy (non-hydrogen) atoms. The van der Waals surface area contributed by atoms with E-state index in [1.807, 2.05) is 13.8 Å². The number of hydrogen-bond acceptors (Lipinski definition) is 5. The number of nitrogen functional groups attached to an aromatic ring is 1. The van der Waals surface area contributed by atoms with E-state index < -0.39 is 24.4 Å². The smallest absolute Gasteiger partial charge is 0.433 e. The number of ether oxygens (including phenoxy) is 1. The van der Waals surface area contributed by atoms with Crippen molar-refractivity contribution in [2.75, 3.05) is 11.1 Å². The minimum Gasteiger partial charge on any atom is -0.433 e. The summed E-state index contributed by atoms with van der Waals surface area (Å²) >= 11 is 6.63. The van der Waals surface area contributed by atoms with Gasteiger partial charge < -0.3 is 15.8 Å². The highest BCUT2D eigenvalue weighted by atomic mass is 35.5. The molecule has 0 spiro atoms. The molecule has 0 aliphatic carbocycles. The normalized spacial score (nSPS) is 11.8. The van der Waals surface area contributed by atoms with Crippen LogP contribution < -0.4 is 15.8 Å². The fourth-order valence-corrected chi connectivity index (χ4v) is 4.77. The summed E-state index contributed by atoms with van der Waals surface area (Å²) in [6.45, 7) is 0.629. The van der Waals surface area contributed by atoms with Crippen LogP contribution in [0, 0.1) is 13.8 Å². The summed E-state index contributed by atoms with van der Waals surface area (Å²) in [6.07, 6.45) is -4.72. The summed E-state index contributed by atoms with van der Waals surface area (Å²) in [5, 5.41) is 2.56. The Hall–Kier alpha value is -3.44. The predicted octanol–water partition coefficient (Wildman–Crippen LogP) is 7.69. The van der Waals surface area contributed by atoms with Gasteiger partial charge >= 0.3 is 12.8 Å². The van der Waals surface area contributed by atoms with E-state index in [1.165, 1.54) is 12.1 Å². The number of carbonyl (C=O) groups is 1. The van der Waals surface area contributed by atoms with Gasteiger partial charge in [0.25, 0.3) is 5.91 Å². The van der Waals surface area contributed by atoms with Crippen molar-refractivity contribution in [1.82, 2.24) is 4.98 Å². The predicted molar refractivity (Wildman–Crippen MR) is 130 cm³/mol. The van der Waals surface area contributed by atoms with Gasteiger partial charge in [-0.1, -0.05) is 29.8 Å². The number of nitrogens with one attached hydrogen (secondary N) is 1. The second-order valence-electron chi connectivity index (χ2n) is 7.85. The topological polar surface area (TPSA) is 77.2 Å². The molecule has 1 amide bonds. The number of hydrogen-bond donors (Lipinski definition) is 2. The molecule has 0 aliphatic heterocycles. The van der Waals surface area contributed by atoms with Crippen LogP contribution in [0.5, 0.6) is 5.75 Å². The first-order valence-electron chi connectivity index (χ1n) is 10.3. The highest BCUT2D eigenvalue weighted by molar-refractivity contribution is 7.21. The minimum absolute atomic E-state index is 0.0364. The molecular weight excluding hydrogens is 525 g/mol. The number of nitrogens with two attached hydrogens (primary N) is 1. The van der Waals surface area contributed by atoms with Crippen LogP contribution in [-0.2, 0) is 6.18 Å². The zero-order valence-corrected chi connectivity index (χ0v) is 20.2. The molecule has 0 unspecified atom stereocenters. The van der Waals surface area contributed by atoms with Crippen molar-refractivity contribution in [3.05, 3.63) is 69.2 Å². The van der Waals surface area contributed by atoms with Crippen LogP contribution in [0.2, 0.25) is 5.02 Å². The first-order valence-corrected chi connectivity index (χ1v) is 11.5. The second-order valence-corrected chi connectivity index (χ2v) is 9.26. The molecule has 188 valence electrons. The lowest BCUT2D eigenvalue weighted by atomic mass is 9.97. The summed E-state index contributed by atoms with van der Waals surface area (Å²) in [7, 11) is 0. The lowest BCUT2D eigenvalue weighted by Gasteiger charge is -2.12. The van der Waals surface area contributed by atoms with Gasteiger partial charge in [0, 0.05) is 11.1 Å². The maximum Gasteiger partial charge on any atom is 0.433 e. The van der Waals surface area contributed by atoms with E-state index in [9.17, 15) is 26.7 Å². The van der Waals surface area contributed by atoms with Crippen molar-refractivity contribution in [1.29, 1.82) is 0 Å². The second kappa shape index (κ2) is 9.55. The Morgan fingerprint density at radius 1 is 1.11 bits per heavy atom. The third kappa shape index (κ3) is 5.07. The Morgan fingerprint density at radius 3 is 2.44 bits per heavy atom. The standard InChI is InChI=1S/C24H17ClF5N3O2S/c1-10-3-4-12(7-11(10)2)14-9-17(24(28,29)30)33-22-18(14)19(31)20(36-22)21(34)32-13-5-6-16(15(25)8-13)35-23(26)27/h3-9,23H,31H2,1-2H3,(H,32,34). The van der Waals surface area contributed by atoms with E-state index in [2.05, 4.69) is 15.0 Å². The number of pyridine rings is 1. The van der Waals surface area contributed by atoms with Crippen molar-refractivity contribution in [2.24, 2.45) is 0 Å². The summed E-state index contributed by atoms with van der Waals surface area (Å²) in [5.41, 5.74) is 7.78. The summed E-state index contributed by atoms with van der Waals surface area (Å²) in [5.74, 6) is -1.01. The molecule has 2 heterocycles. The number of alkyl halides is 5. The minimum atomic E-state index is -4.72. The number of rotatable bonds is 5. The number of fused-ring (bicyclic) bond motifs is 1. The first kappa shape index (κ1) is 25.6. The Morgan fingerprint density at radius 2 is 1.83 bits per heavy atom. The molecule has 2 aromatic heterocycles. The van der Waals surface area contributed by atoms with Crippen LogP contribution in [0.3, 0.4) is 0 Å². The Labute approximate surface area is 210 Å². The molecular formula is C24H17ClF5N3O2S. The Bertz CT molecular complexity index is 1490. The molecule has 3 N–H and O–H groups in total. The molecule has 0 radical (unpaired) electrons. The number of aromatic nitrogens is 1. The lowest BCUT2D eigenvalue weighted by Crippen LogP contribution is -2.12. The monoisotopic (exact) mass is 541 g/mol. The van der Waals surface area contributed by atoms with Gasteiger partial charge in [-0.3, -0.25) is 4.79 Å². The summed E-state index contributed by atoms with van der Waals surface area (Å²) in [6, 6.07) is 9.75. The van der Waals surface area contributed by atoms with Crippen LogP contribution in [-0.4, -0.2) is 17.5 Å². The van der Waals surface area contributed by atoms with Gasteiger partial charge in [0.15, 0.2) is 0 Å². The molecule has 0 saturated carbocycles. The van der Waals surface area contributed by atoms with E-state index in [1.54, 1.807) is 18.2 Å². The van der Waals surface area contributed by atoms with Gasteiger partial charge in [0.1, 0.15) is 21.2 Å². The van der Waals surface area contributed by atoms with Crippen molar-refractivity contribution in [3.8, 4) is 16.9 Å². The summed E-state index contributed by atoms with van der Waals surface area (Å²) < 4.78 is 70.0. The van der Waals surface area contributed by atoms with E-state index in [0.717, 1.165) is 23.3 Å². The molecule has 4 rings (SSSR count). The fraction of sp³-hybridized carbons (Fsp3) is 0.167. The van der Waals surface area contributed by atoms with Crippen LogP contribution in [0.4, 0.5) is 33.3 Å². The van der Waals surface area contributed by atoms with Crippen LogP contribution in [0.25, 0.3) is 21.3 Å². The van der Waals surface area contributed by atoms with Crippen molar-refractivity contribution in [2.45, 2.75) is 26.6 Å². The van der Waals surface area contributed by atoms with Crippen LogP contribution >= 0.6 is 22.9 Å². The zero-order chi connectivity index (χ0) is 26.4. The number of nitrogens with zero attached hydrogens (tertiary/aromatic N) is 1. The number of aryl methyl sites for hydroxylation is 2. The third-order valence-corrected chi connectivity index (χ3v) is 6.81. The highest BCUT2D eigenvalue weighted by Crippen LogP contribution is 2.43. The number of halogens is 6. The van der Waals surface area contributed by atoms with E-state index in [-0.39, 0.29) is 42.8 Å². The molecule has 12 heteroatoms. The summed E-state index contributed by atoms with van der Waals surface area (Å²) in [4.78, 5) is 16.6. The largest absolute Gasteiger partial charge is 0.433 e. The fourth-order valence-electron chi connectivity index (χ4n) is 3.53. The van der Waals surface area contributed by atoms with E-state index in [4.69, 9.17) is 17.3 Å². The number of amides is 1. The van der Waals surface area contributed by atoms with Crippen molar-refractivity contribution in [3.63, 3.8) is 0 Å². The van der Waals surface area contributed by atoms with Gasteiger partial charge in [-0.25, -0.2) is 4.98 Å². The molecule has 0 bridgehead atoms. The zero-order valence-electron chi connectivity index (χ0n) is 18.6. The molecule has 0 fully saturated rings. The maximum absolute atomic E-state index is 13.6. The van der Waals surface area contributed by atoms with Gasteiger partial charge in [-0.15, -0.1) is 11.3 Å². The van der Waals surface area contributed by atoms with Gasteiger partial charge in [0.2, 0.25) is 0 Å². The molecule has 2 aromatic carbocycles. The average molecular weight is 542 g/mol. The molecule has 4 aromatic rings. The number of thiophene rings is 1. The lowest BCUT2D eigenvalue weighted by molar-refractivity contribution is -0.140. The molecule has 0 atom stereocenters.